The van der Waals surface area contributed by atoms with Gasteiger partial charge in [-0.1, -0.05) is 6.07 Å². The van der Waals surface area contributed by atoms with Crippen molar-refractivity contribution in [3.8, 4) is 0 Å². The molecule has 6 heteroatoms. The fourth-order valence-corrected chi connectivity index (χ4v) is 2.76. The maximum absolute atomic E-state index is 12.6. The molecule has 2 aromatic heterocycles. The van der Waals surface area contributed by atoms with Gasteiger partial charge in [0.05, 0.1) is 17.3 Å². The highest BCUT2D eigenvalue weighted by Crippen LogP contribution is 2.14. The zero-order chi connectivity index (χ0) is 14.7. The van der Waals surface area contributed by atoms with Crippen molar-refractivity contribution in [2.45, 2.75) is 6.42 Å². The second kappa shape index (κ2) is 6.24. The molecule has 0 spiro atoms. The third-order valence-corrected chi connectivity index (χ3v) is 3.99. The van der Waals surface area contributed by atoms with Gasteiger partial charge in [-0.15, -0.1) is 0 Å². The van der Waals surface area contributed by atoms with E-state index in [0.29, 0.717) is 5.56 Å². The topological polar surface area (TPSA) is 66.9 Å². The zero-order valence-electron chi connectivity index (χ0n) is 12.1. The molecule has 0 atom stereocenters. The van der Waals surface area contributed by atoms with Crippen LogP contribution in [0.3, 0.4) is 0 Å². The van der Waals surface area contributed by atoms with Crippen molar-refractivity contribution >= 4 is 11.4 Å². The number of nitrogens with zero attached hydrogens (tertiary/aromatic N) is 4. The van der Waals surface area contributed by atoms with Crippen LogP contribution in [0.15, 0.2) is 30.6 Å². The van der Waals surface area contributed by atoms with Crippen LogP contribution in [-0.4, -0.2) is 64.6 Å². The van der Waals surface area contributed by atoms with Gasteiger partial charge in [-0.3, -0.25) is 9.69 Å². The molecule has 21 heavy (non-hydrogen) atoms. The van der Waals surface area contributed by atoms with E-state index in [2.05, 4.69) is 10.00 Å². The van der Waals surface area contributed by atoms with Crippen molar-refractivity contribution in [1.29, 1.82) is 0 Å². The van der Waals surface area contributed by atoms with E-state index < -0.39 is 0 Å². The maximum Gasteiger partial charge on any atom is 0.257 e. The van der Waals surface area contributed by atoms with Crippen LogP contribution in [0.4, 0.5) is 0 Å². The third-order valence-electron chi connectivity index (χ3n) is 3.99. The Bertz CT molecular complexity index is 615. The van der Waals surface area contributed by atoms with E-state index in [4.69, 9.17) is 5.73 Å². The van der Waals surface area contributed by atoms with E-state index in [0.717, 1.165) is 51.2 Å². The minimum absolute atomic E-state index is 0.0784. The molecule has 112 valence electrons. The first-order valence-corrected chi connectivity index (χ1v) is 7.43. The Kier molecular flexibility index (Phi) is 4.17. The molecule has 6 nitrogen and oxygen atoms in total. The second-order valence-corrected chi connectivity index (χ2v) is 5.36. The van der Waals surface area contributed by atoms with Crippen molar-refractivity contribution in [2.24, 2.45) is 5.73 Å². The van der Waals surface area contributed by atoms with Gasteiger partial charge in [0, 0.05) is 32.4 Å². The minimum Gasteiger partial charge on any atom is -0.336 e. The molecule has 1 aliphatic heterocycles. The molecule has 0 radical (unpaired) electrons. The van der Waals surface area contributed by atoms with Gasteiger partial charge in [0.2, 0.25) is 0 Å². The Hall–Kier alpha value is -1.92. The SMILES string of the molecule is NCCCN1CCN(C(=O)c2cnn3ccccc23)CC1. The standard InChI is InChI=1S/C15H21N5O/c16-5-3-6-18-8-10-19(11-9-18)15(21)13-12-17-20-7-2-1-4-14(13)20/h1-2,4,7,12H,3,5-6,8-11,16H2. The molecule has 1 fully saturated rings. The summed E-state index contributed by atoms with van der Waals surface area (Å²) in [5.74, 6) is 0.0784. The smallest absolute Gasteiger partial charge is 0.257 e. The van der Waals surface area contributed by atoms with Crippen LogP contribution in [0.25, 0.3) is 5.52 Å². The van der Waals surface area contributed by atoms with E-state index in [1.54, 1.807) is 10.7 Å². The van der Waals surface area contributed by atoms with Crippen LogP contribution in [0.2, 0.25) is 0 Å². The van der Waals surface area contributed by atoms with Crippen molar-refractivity contribution in [2.75, 3.05) is 39.3 Å². The first kappa shape index (κ1) is 14.0. The van der Waals surface area contributed by atoms with Crippen molar-refractivity contribution in [3.63, 3.8) is 0 Å². The summed E-state index contributed by atoms with van der Waals surface area (Å²) in [6.07, 6.45) is 4.54. The summed E-state index contributed by atoms with van der Waals surface area (Å²) in [5.41, 5.74) is 7.09. The Morgan fingerprint density at radius 2 is 2.05 bits per heavy atom. The minimum atomic E-state index is 0.0784. The Morgan fingerprint density at radius 3 is 2.81 bits per heavy atom. The van der Waals surface area contributed by atoms with Gasteiger partial charge in [-0.2, -0.15) is 5.10 Å². The van der Waals surface area contributed by atoms with Gasteiger partial charge >= 0.3 is 0 Å². The molecule has 1 amide bonds. The molecular weight excluding hydrogens is 266 g/mol. The van der Waals surface area contributed by atoms with Crippen LogP contribution < -0.4 is 5.73 Å². The second-order valence-electron chi connectivity index (χ2n) is 5.36. The molecule has 0 saturated carbocycles. The van der Waals surface area contributed by atoms with E-state index in [-0.39, 0.29) is 5.91 Å². The summed E-state index contributed by atoms with van der Waals surface area (Å²) in [4.78, 5) is 16.9. The molecule has 0 aliphatic carbocycles. The number of carbonyl (C=O) groups excluding carboxylic acids is 1. The first-order valence-electron chi connectivity index (χ1n) is 7.43. The fourth-order valence-electron chi connectivity index (χ4n) is 2.76. The summed E-state index contributed by atoms with van der Waals surface area (Å²) in [6, 6.07) is 5.76. The van der Waals surface area contributed by atoms with Gasteiger partial charge in [-0.05, 0) is 31.6 Å². The van der Waals surface area contributed by atoms with E-state index in [1.165, 1.54) is 0 Å². The number of carbonyl (C=O) groups is 1. The molecule has 3 heterocycles. The van der Waals surface area contributed by atoms with Crippen LogP contribution in [0, 0.1) is 0 Å². The fraction of sp³-hybridized carbons (Fsp3) is 0.467. The first-order chi connectivity index (χ1) is 10.3. The van der Waals surface area contributed by atoms with Gasteiger partial charge in [0.25, 0.3) is 5.91 Å². The number of nitrogens with two attached hydrogens (primary N) is 1. The summed E-state index contributed by atoms with van der Waals surface area (Å²) >= 11 is 0. The van der Waals surface area contributed by atoms with Crippen LogP contribution in [0.5, 0.6) is 0 Å². The van der Waals surface area contributed by atoms with Crippen molar-refractivity contribution in [1.82, 2.24) is 19.4 Å². The third kappa shape index (κ3) is 2.91. The monoisotopic (exact) mass is 287 g/mol. The van der Waals surface area contributed by atoms with Gasteiger partial charge in [0.15, 0.2) is 0 Å². The number of aromatic nitrogens is 2. The Morgan fingerprint density at radius 1 is 1.24 bits per heavy atom. The number of fused-ring (bicyclic) bond motifs is 1. The number of piperazine rings is 1. The number of hydrogen-bond donors (Lipinski definition) is 1. The predicted molar refractivity (Wildman–Crippen MR) is 81.2 cm³/mol. The van der Waals surface area contributed by atoms with Gasteiger partial charge < -0.3 is 10.6 Å². The highest BCUT2D eigenvalue weighted by Gasteiger charge is 2.23. The molecule has 3 rings (SSSR count). The van der Waals surface area contributed by atoms with Crippen LogP contribution in [-0.2, 0) is 0 Å². The average Bonchev–Trinajstić information content (AvgIpc) is 2.97. The van der Waals surface area contributed by atoms with Gasteiger partial charge in [0.1, 0.15) is 0 Å². The van der Waals surface area contributed by atoms with Crippen molar-refractivity contribution in [3.05, 3.63) is 36.2 Å². The lowest BCUT2D eigenvalue weighted by atomic mass is 10.2. The molecule has 0 unspecified atom stereocenters. The summed E-state index contributed by atoms with van der Waals surface area (Å²) in [5, 5.41) is 4.23. The largest absolute Gasteiger partial charge is 0.336 e. The number of hydrogen-bond acceptors (Lipinski definition) is 4. The molecule has 0 bridgehead atoms. The van der Waals surface area contributed by atoms with E-state index >= 15 is 0 Å². The lowest BCUT2D eigenvalue weighted by Gasteiger charge is -2.34. The number of amides is 1. The van der Waals surface area contributed by atoms with E-state index in [1.807, 2.05) is 29.3 Å². The summed E-state index contributed by atoms with van der Waals surface area (Å²) in [7, 11) is 0. The maximum atomic E-state index is 12.6. The summed E-state index contributed by atoms with van der Waals surface area (Å²) in [6.45, 7) is 5.13. The average molecular weight is 287 g/mol. The molecule has 2 aromatic rings. The summed E-state index contributed by atoms with van der Waals surface area (Å²) < 4.78 is 1.74. The van der Waals surface area contributed by atoms with Gasteiger partial charge in [-0.25, -0.2) is 4.52 Å². The highest BCUT2D eigenvalue weighted by molar-refractivity contribution is 6.00. The zero-order valence-corrected chi connectivity index (χ0v) is 12.1. The number of rotatable bonds is 4. The molecule has 1 aliphatic rings. The molecular formula is C15H21N5O. The molecule has 0 aromatic carbocycles. The Labute approximate surface area is 124 Å². The predicted octanol–water partition coefficient (Wildman–Crippen LogP) is 0.441. The van der Waals surface area contributed by atoms with E-state index in [9.17, 15) is 4.79 Å². The normalized spacial score (nSPS) is 16.5. The molecule has 1 saturated heterocycles. The molecule has 2 N–H and O–H groups in total. The quantitative estimate of drug-likeness (QED) is 0.886. The van der Waals surface area contributed by atoms with Crippen LogP contribution >= 0.6 is 0 Å². The Balaban J connectivity index is 1.67. The highest BCUT2D eigenvalue weighted by atomic mass is 16.2. The lowest BCUT2D eigenvalue weighted by molar-refractivity contribution is 0.0638. The number of pyridine rings is 1. The van der Waals surface area contributed by atoms with Crippen LogP contribution in [0.1, 0.15) is 16.8 Å². The van der Waals surface area contributed by atoms with Crippen molar-refractivity contribution < 1.29 is 4.79 Å². The lowest BCUT2D eigenvalue weighted by Crippen LogP contribution is -2.49.